The molecular formula is C37H39N3O6S. The molecule has 2 fully saturated rings. The quantitative estimate of drug-likeness (QED) is 0.160. The number of thiophene rings is 1. The highest BCUT2D eigenvalue weighted by Crippen LogP contribution is 2.50. The van der Waals surface area contributed by atoms with Crippen LogP contribution in [0.25, 0.3) is 27.6 Å². The molecule has 7 rings (SSSR count). The summed E-state index contributed by atoms with van der Waals surface area (Å²) in [4.78, 5) is 38.8. The topological polar surface area (TPSA) is 119 Å². The number of rotatable bonds is 9. The number of hydrogen-bond acceptors (Lipinski definition) is 6. The van der Waals surface area contributed by atoms with Crippen LogP contribution < -0.4 is 20.1 Å². The van der Waals surface area contributed by atoms with Gasteiger partial charge in [-0.15, -0.1) is 11.3 Å². The lowest BCUT2D eigenvalue weighted by atomic mass is 9.75. The van der Waals surface area contributed by atoms with E-state index in [1.165, 1.54) is 47.9 Å². The van der Waals surface area contributed by atoms with E-state index in [1.807, 2.05) is 25.1 Å². The maximum atomic E-state index is 13.9. The van der Waals surface area contributed by atoms with Crippen LogP contribution in [0.3, 0.4) is 0 Å². The van der Waals surface area contributed by atoms with E-state index in [0.29, 0.717) is 54.6 Å². The summed E-state index contributed by atoms with van der Waals surface area (Å²) in [5.74, 6) is 0.539. The summed E-state index contributed by atoms with van der Waals surface area (Å²) < 4.78 is 15.5. The second kappa shape index (κ2) is 12.9. The Labute approximate surface area is 277 Å². The van der Waals surface area contributed by atoms with Crippen molar-refractivity contribution in [3.8, 4) is 22.8 Å². The van der Waals surface area contributed by atoms with Crippen molar-refractivity contribution < 1.29 is 29.0 Å². The Morgan fingerprint density at radius 3 is 2.55 bits per heavy atom. The molecule has 0 spiro atoms. The molecular weight excluding hydrogens is 614 g/mol. The average molecular weight is 654 g/mol. The Kier molecular flexibility index (Phi) is 8.53. The van der Waals surface area contributed by atoms with Gasteiger partial charge in [0.05, 0.1) is 33.9 Å². The molecule has 0 radical (unpaired) electrons. The predicted octanol–water partition coefficient (Wildman–Crippen LogP) is 7.60. The summed E-state index contributed by atoms with van der Waals surface area (Å²) in [5.41, 5.74) is 4.95. The average Bonchev–Trinajstić information content (AvgIpc) is 3.55. The highest BCUT2D eigenvalue weighted by molar-refractivity contribution is 7.21. The zero-order valence-corrected chi connectivity index (χ0v) is 27.3. The largest absolute Gasteiger partial charge is 0.494 e. The molecule has 9 nitrogen and oxygen atoms in total. The number of benzene rings is 2. The third-order valence-electron chi connectivity index (χ3n) is 9.68. The molecule has 3 heterocycles. The van der Waals surface area contributed by atoms with Gasteiger partial charge in [-0.25, -0.2) is 4.79 Å². The molecule has 10 heteroatoms. The highest BCUT2D eigenvalue weighted by atomic mass is 32.1. The standard InChI is InChI=1S/C37H39N3O6S/c1-2-45-26-14-15-27-29(21-26)46-20-19-40-28-22-30(47-34(28)32(33(27)40)24-7-4-3-5-8-24)35(43)39-37(17-6-18-37)36(44)38-25-12-9-23(10-13-25)11-16-31(41)42/h9-16,21-22,24H,2-8,17-20H2,1H3,(H,38,44)(H,39,43)(H,41,42). The molecule has 0 atom stereocenters. The molecule has 4 aromatic rings. The van der Waals surface area contributed by atoms with Crippen LogP contribution in [0.2, 0.25) is 0 Å². The van der Waals surface area contributed by atoms with E-state index in [4.69, 9.17) is 14.6 Å². The van der Waals surface area contributed by atoms with Gasteiger partial charge in [-0.2, -0.15) is 0 Å². The first-order chi connectivity index (χ1) is 22.8. The minimum atomic E-state index is -1.02. The van der Waals surface area contributed by atoms with Gasteiger partial charge in [0, 0.05) is 23.4 Å². The number of carbonyl (C=O) groups is 3. The van der Waals surface area contributed by atoms with E-state index in [2.05, 4.69) is 21.3 Å². The van der Waals surface area contributed by atoms with E-state index in [0.717, 1.165) is 52.6 Å². The highest BCUT2D eigenvalue weighted by Gasteiger charge is 2.46. The summed E-state index contributed by atoms with van der Waals surface area (Å²) in [6.07, 6.45) is 10.4. The number of aromatic nitrogens is 1. The van der Waals surface area contributed by atoms with Gasteiger partial charge in [-0.05, 0) is 92.5 Å². The number of nitrogens with zero attached hydrogens (tertiary/aromatic N) is 1. The lowest BCUT2D eigenvalue weighted by molar-refractivity contribution is -0.131. The zero-order valence-electron chi connectivity index (χ0n) is 26.5. The van der Waals surface area contributed by atoms with E-state index < -0.39 is 11.5 Å². The van der Waals surface area contributed by atoms with Crippen molar-refractivity contribution >= 4 is 51.1 Å². The van der Waals surface area contributed by atoms with E-state index >= 15 is 0 Å². The van der Waals surface area contributed by atoms with Gasteiger partial charge in [0.1, 0.15) is 23.6 Å². The van der Waals surface area contributed by atoms with Crippen molar-refractivity contribution in [2.24, 2.45) is 0 Å². The third-order valence-corrected chi connectivity index (χ3v) is 10.8. The van der Waals surface area contributed by atoms with Crippen molar-refractivity contribution in [1.82, 2.24) is 9.88 Å². The van der Waals surface area contributed by atoms with Crippen LogP contribution in [0.4, 0.5) is 5.69 Å². The lowest BCUT2D eigenvalue weighted by Gasteiger charge is -2.40. The molecule has 1 aliphatic heterocycles. The maximum Gasteiger partial charge on any atom is 0.328 e. The number of aliphatic carboxylic acids is 1. The van der Waals surface area contributed by atoms with Gasteiger partial charge in [0.25, 0.3) is 5.91 Å². The summed E-state index contributed by atoms with van der Waals surface area (Å²) in [7, 11) is 0. The minimum absolute atomic E-state index is 0.231. The summed E-state index contributed by atoms with van der Waals surface area (Å²) in [6.45, 7) is 3.75. The van der Waals surface area contributed by atoms with Crippen LogP contribution in [0.1, 0.15) is 85.0 Å². The first-order valence-electron chi connectivity index (χ1n) is 16.6. The van der Waals surface area contributed by atoms with Crippen molar-refractivity contribution in [3.63, 3.8) is 0 Å². The van der Waals surface area contributed by atoms with E-state index in [9.17, 15) is 14.4 Å². The fourth-order valence-electron chi connectivity index (χ4n) is 7.19. The zero-order chi connectivity index (χ0) is 32.5. The molecule has 47 heavy (non-hydrogen) atoms. The van der Waals surface area contributed by atoms with Crippen molar-refractivity contribution in [3.05, 3.63) is 70.6 Å². The van der Waals surface area contributed by atoms with E-state index in [-0.39, 0.29) is 11.8 Å². The number of hydrogen-bond donors (Lipinski definition) is 3. The molecule has 3 N–H and O–H groups in total. The van der Waals surface area contributed by atoms with Gasteiger partial charge < -0.3 is 29.8 Å². The number of anilines is 1. The normalized spacial score (nSPS) is 17.2. The molecule has 2 saturated carbocycles. The Hall–Kier alpha value is -4.57. The molecule has 0 saturated heterocycles. The summed E-state index contributed by atoms with van der Waals surface area (Å²) in [6, 6.07) is 15.1. The second-order valence-electron chi connectivity index (χ2n) is 12.7. The van der Waals surface area contributed by atoms with Gasteiger partial charge in [-0.1, -0.05) is 31.4 Å². The number of carbonyl (C=O) groups excluding carboxylic acids is 2. The van der Waals surface area contributed by atoms with Crippen LogP contribution in [0.5, 0.6) is 11.5 Å². The number of carboxylic acids is 1. The fraction of sp³-hybridized carbons (Fsp3) is 0.378. The number of carboxylic acid groups (broad SMARTS) is 1. The van der Waals surface area contributed by atoms with Crippen LogP contribution in [-0.2, 0) is 16.1 Å². The molecule has 2 aromatic heterocycles. The summed E-state index contributed by atoms with van der Waals surface area (Å²) in [5, 5.41) is 14.9. The van der Waals surface area contributed by atoms with Crippen LogP contribution in [0, 0.1) is 0 Å². The Balaban J connectivity index is 1.18. The number of amides is 2. The Morgan fingerprint density at radius 1 is 1.06 bits per heavy atom. The van der Waals surface area contributed by atoms with Crippen molar-refractivity contribution in [1.29, 1.82) is 0 Å². The smallest absolute Gasteiger partial charge is 0.328 e. The van der Waals surface area contributed by atoms with Crippen LogP contribution in [0.15, 0.2) is 54.6 Å². The SMILES string of the molecule is CCOc1ccc2c(c1)OCCn1c-2c(C2CCCCC2)c2sc(C(=O)NC3(C(=O)Nc4ccc(C=CC(=O)O)cc4)CCC3)cc21. The summed E-state index contributed by atoms with van der Waals surface area (Å²) >= 11 is 1.53. The molecule has 2 aromatic carbocycles. The minimum Gasteiger partial charge on any atom is -0.494 e. The predicted molar refractivity (Wildman–Crippen MR) is 184 cm³/mol. The van der Waals surface area contributed by atoms with Gasteiger partial charge >= 0.3 is 5.97 Å². The number of ether oxygens (including phenoxy) is 2. The number of fused-ring (bicyclic) bond motifs is 5. The Bertz CT molecular complexity index is 1860. The van der Waals surface area contributed by atoms with Gasteiger partial charge in [0.15, 0.2) is 0 Å². The molecule has 244 valence electrons. The molecule has 0 bridgehead atoms. The van der Waals surface area contributed by atoms with Crippen LogP contribution >= 0.6 is 11.3 Å². The second-order valence-corrected chi connectivity index (χ2v) is 13.7. The number of nitrogens with one attached hydrogen (secondary N) is 2. The third kappa shape index (κ3) is 6.02. The molecule has 3 aliphatic rings. The first-order valence-corrected chi connectivity index (χ1v) is 17.4. The monoisotopic (exact) mass is 653 g/mol. The molecule has 2 aliphatic carbocycles. The van der Waals surface area contributed by atoms with Gasteiger partial charge in [0.2, 0.25) is 5.91 Å². The lowest BCUT2D eigenvalue weighted by Crippen LogP contribution is -2.61. The maximum absolute atomic E-state index is 13.9. The van der Waals surface area contributed by atoms with Gasteiger partial charge in [-0.3, -0.25) is 9.59 Å². The fourth-order valence-corrected chi connectivity index (χ4v) is 8.37. The van der Waals surface area contributed by atoms with Crippen LogP contribution in [-0.4, -0.2) is 46.2 Å². The molecule has 2 amide bonds. The Morgan fingerprint density at radius 2 is 1.85 bits per heavy atom. The van der Waals surface area contributed by atoms with E-state index in [1.54, 1.807) is 24.3 Å². The van der Waals surface area contributed by atoms with Crippen molar-refractivity contribution in [2.45, 2.75) is 76.3 Å². The van der Waals surface area contributed by atoms with Crippen molar-refractivity contribution in [2.75, 3.05) is 18.5 Å². The first kappa shape index (κ1) is 31.1. The molecule has 0 unspecified atom stereocenters.